The van der Waals surface area contributed by atoms with Crippen molar-refractivity contribution in [3.63, 3.8) is 0 Å². The zero-order valence-electron chi connectivity index (χ0n) is 10.3. The summed E-state index contributed by atoms with van der Waals surface area (Å²) in [5, 5.41) is 0. The van der Waals surface area contributed by atoms with E-state index in [-0.39, 0.29) is 6.04 Å². The topological polar surface area (TPSA) is 42.4 Å². The van der Waals surface area contributed by atoms with Crippen LogP contribution in [-0.2, 0) is 13.1 Å². The minimum atomic E-state index is 0.106. The molecule has 1 aromatic heterocycles. The van der Waals surface area contributed by atoms with Gasteiger partial charge in [0.2, 0.25) is 0 Å². The van der Waals surface area contributed by atoms with Crippen LogP contribution in [0.1, 0.15) is 22.9 Å². The Morgan fingerprint density at radius 3 is 2.32 bits per heavy atom. The van der Waals surface area contributed by atoms with Gasteiger partial charge in [0.05, 0.1) is 10.5 Å². The summed E-state index contributed by atoms with van der Waals surface area (Å²) in [6.45, 7) is 2.39. The van der Waals surface area contributed by atoms with Crippen molar-refractivity contribution in [1.29, 1.82) is 0 Å². The average Bonchev–Trinajstić information content (AvgIpc) is 2.95. The van der Waals surface area contributed by atoms with Crippen LogP contribution in [0.5, 0.6) is 0 Å². The maximum Gasteiger partial charge on any atom is 0.183 e. The van der Waals surface area contributed by atoms with Gasteiger partial charge < -0.3 is 10.2 Å². The first-order valence-electron chi connectivity index (χ1n) is 6.14. The molecule has 1 unspecified atom stereocenters. The van der Waals surface area contributed by atoms with Crippen LogP contribution in [0.3, 0.4) is 0 Å². The SMILES string of the molecule is NCC(c1cc(Br)c(Br)o1)N1Cc2ccccc2C1. The van der Waals surface area contributed by atoms with E-state index in [1.54, 1.807) is 0 Å². The highest BCUT2D eigenvalue weighted by Gasteiger charge is 2.28. The van der Waals surface area contributed by atoms with Gasteiger partial charge in [-0.2, -0.15) is 0 Å². The predicted octanol–water partition coefficient (Wildman–Crippen LogP) is 3.82. The molecular weight excluding hydrogens is 372 g/mol. The summed E-state index contributed by atoms with van der Waals surface area (Å²) in [4.78, 5) is 2.35. The van der Waals surface area contributed by atoms with Gasteiger partial charge in [0.15, 0.2) is 4.67 Å². The molecule has 0 bridgehead atoms. The molecule has 1 atom stereocenters. The summed E-state index contributed by atoms with van der Waals surface area (Å²) in [6, 6.07) is 10.6. The molecule has 2 heterocycles. The molecule has 5 heteroatoms. The Balaban J connectivity index is 1.85. The van der Waals surface area contributed by atoms with Crippen LogP contribution >= 0.6 is 31.9 Å². The quantitative estimate of drug-likeness (QED) is 0.873. The van der Waals surface area contributed by atoms with Gasteiger partial charge in [-0.3, -0.25) is 4.90 Å². The Morgan fingerprint density at radius 2 is 1.84 bits per heavy atom. The van der Waals surface area contributed by atoms with Crippen LogP contribution in [0, 0.1) is 0 Å². The van der Waals surface area contributed by atoms with Gasteiger partial charge in [0.25, 0.3) is 0 Å². The zero-order chi connectivity index (χ0) is 13.4. The number of nitrogens with zero attached hydrogens (tertiary/aromatic N) is 1. The second-order valence-electron chi connectivity index (χ2n) is 4.70. The van der Waals surface area contributed by atoms with Gasteiger partial charge in [-0.05, 0) is 49.1 Å². The molecule has 0 saturated heterocycles. The lowest BCUT2D eigenvalue weighted by molar-refractivity contribution is 0.180. The fourth-order valence-electron chi connectivity index (χ4n) is 2.55. The first kappa shape index (κ1) is 13.4. The molecule has 3 nitrogen and oxygen atoms in total. The van der Waals surface area contributed by atoms with E-state index in [4.69, 9.17) is 10.2 Å². The second kappa shape index (κ2) is 5.40. The summed E-state index contributed by atoms with van der Waals surface area (Å²) in [7, 11) is 0. The maximum absolute atomic E-state index is 5.95. The number of hydrogen-bond acceptors (Lipinski definition) is 3. The zero-order valence-corrected chi connectivity index (χ0v) is 13.4. The fourth-order valence-corrected chi connectivity index (χ4v) is 3.16. The molecule has 100 valence electrons. The Hall–Kier alpha value is -0.620. The van der Waals surface area contributed by atoms with E-state index in [1.807, 2.05) is 6.07 Å². The molecule has 0 fully saturated rings. The summed E-state index contributed by atoms with van der Waals surface area (Å²) in [6.07, 6.45) is 0. The molecule has 0 amide bonds. The molecule has 19 heavy (non-hydrogen) atoms. The van der Waals surface area contributed by atoms with Crippen LogP contribution in [0.15, 0.2) is 43.9 Å². The molecule has 0 saturated carbocycles. The minimum absolute atomic E-state index is 0.106. The third kappa shape index (κ3) is 2.52. The normalized spacial score (nSPS) is 16.6. The van der Waals surface area contributed by atoms with Crippen molar-refractivity contribution >= 4 is 31.9 Å². The fraction of sp³-hybridized carbons (Fsp3) is 0.286. The number of nitrogens with two attached hydrogens (primary N) is 1. The highest BCUT2D eigenvalue weighted by atomic mass is 79.9. The van der Waals surface area contributed by atoms with Crippen LogP contribution in [0.2, 0.25) is 0 Å². The second-order valence-corrected chi connectivity index (χ2v) is 6.27. The van der Waals surface area contributed by atoms with Crippen LogP contribution in [0.4, 0.5) is 0 Å². The number of furan rings is 1. The lowest BCUT2D eigenvalue weighted by Gasteiger charge is -2.24. The van der Waals surface area contributed by atoms with Crippen molar-refractivity contribution < 1.29 is 4.42 Å². The van der Waals surface area contributed by atoms with Crippen LogP contribution in [0.25, 0.3) is 0 Å². The van der Waals surface area contributed by atoms with Crippen molar-refractivity contribution in [1.82, 2.24) is 4.90 Å². The number of fused-ring (bicyclic) bond motifs is 1. The third-order valence-corrected chi connectivity index (χ3v) is 5.23. The number of benzene rings is 1. The van der Waals surface area contributed by atoms with Gasteiger partial charge in [-0.25, -0.2) is 0 Å². The van der Waals surface area contributed by atoms with E-state index < -0.39 is 0 Å². The highest BCUT2D eigenvalue weighted by molar-refractivity contribution is 9.13. The predicted molar refractivity (Wildman–Crippen MR) is 81.6 cm³/mol. The number of hydrogen-bond donors (Lipinski definition) is 1. The molecule has 1 aliphatic heterocycles. The van der Waals surface area contributed by atoms with E-state index in [0.717, 1.165) is 28.0 Å². The Labute approximate surface area is 129 Å². The van der Waals surface area contributed by atoms with E-state index in [1.165, 1.54) is 11.1 Å². The largest absolute Gasteiger partial charge is 0.451 e. The van der Waals surface area contributed by atoms with E-state index in [9.17, 15) is 0 Å². The minimum Gasteiger partial charge on any atom is -0.451 e. The van der Waals surface area contributed by atoms with Crippen LogP contribution < -0.4 is 5.73 Å². The standard InChI is InChI=1S/C14H14Br2N2O/c15-11-5-13(19-14(11)16)12(6-17)18-7-9-3-1-2-4-10(9)8-18/h1-5,12H,6-8,17H2. The number of rotatable bonds is 3. The molecule has 2 aromatic rings. The Bertz CT molecular complexity index is 552. The maximum atomic E-state index is 5.95. The molecule has 0 spiro atoms. The van der Waals surface area contributed by atoms with Crippen LogP contribution in [-0.4, -0.2) is 11.4 Å². The van der Waals surface area contributed by atoms with Crippen molar-refractivity contribution in [2.75, 3.05) is 6.54 Å². The monoisotopic (exact) mass is 384 g/mol. The van der Waals surface area contributed by atoms with Crippen molar-refractivity contribution in [3.05, 3.63) is 56.4 Å². The molecular formula is C14H14Br2N2O. The first-order chi connectivity index (χ1) is 9.19. The van der Waals surface area contributed by atoms with Gasteiger partial charge in [0, 0.05) is 19.6 Å². The van der Waals surface area contributed by atoms with E-state index in [0.29, 0.717) is 6.54 Å². The lowest BCUT2D eigenvalue weighted by Crippen LogP contribution is -2.29. The summed E-state index contributed by atoms with van der Waals surface area (Å²) >= 11 is 6.83. The van der Waals surface area contributed by atoms with E-state index >= 15 is 0 Å². The summed E-state index contributed by atoms with van der Waals surface area (Å²) < 4.78 is 7.38. The molecule has 1 aliphatic rings. The van der Waals surface area contributed by atoms with Gasteiger partial charge in [-0.15, -0.1) is 0 Å². The molecule has 3 rings (SSSR count). The van der Waals surface area contributed by atoms with Gasteiger partial charge >= 0.3 is 0 Å². The Kier molecular flexibility index (Phi) is 3.80. The number of halogens is 2. The summed E-state index contributed by atoms with van der Waals surface area (Å²) in [5.41, 5.74) is 8.71. The van der Waals surface area contributed by atoms with Crippen molar-refractivity contribution in [2.45, 2.75) is 19.1 Å². The van der Waals surface area contributed by atoms with Gasteiger partial charge in [-0.1, -0.05) is 24.3 Å². The highest BCUT2D eigenvalue weighted by Crippen LogP contribution is 2.35. The molecule has 0 aliphatic carbocycles. The van der Waals surface area contributed by atoms with Crippen molar-refractivity contribution in [2.24, 2.45) is 5.73 Å². The molecule has 0 radical (unpaired) electrons. The molecule has 2 N–H and O–H groups in total. The smallest absolute Gasteiger partial charge is 0.183 e. The summed E-state index contributed by atoms with van der Waals surface area (Å²) in [5.74, 6) is 0.897. The molecule has 1 aromatic carbocycles. The van der Waals surface area contributed by atoms with Crippen molar-refractivity contribution in [3.8, 4) is 0 Å². The third-order valence-electron chi connectivity index (χ3n) is 3.52. The first-order valence-corrected chi connectivity index (χ1v) is 7.73. The Morgan fingerprint density at radius 1 is 1.21 bits per heavy atom. The van der Waals surface area contributed by atoms with E-state index in [2.05, 4.69) is 61.0 Å². The lowest BCUT2D eigenvalue weighted by atomic mass is 10.1. The average molecular weight is 386 g/mol. The van der Waals surface area contributed by atoms with Gasteiger partial charge in [0.1, 0.15) is 5.76 Å².